The molecule has 0 amide bonds. The van der Waals surface area contributed by atoms with E-state index in [1.165, 1.54) is 19.3 Å². The predicted molar refractivity (Wildman–Crippen MR) is 47.2 cm³/mol. The number of hydrogen-bond acceptors (Lipinski definition) is 1. The zero-order valence-corrected chi connectivity index (χ0v) is 7.64. The summed E-state index contributed by atoms with van der Waals surface area (Å²) < 4.78 is 0. The first-order valence-electron chi connectivity index (χ1n) is 4.86. The van der Waals surface area contributed by atoms with Gasteiger partial charge in [0.25, 0.3) is 0 Å². The monoisotopic (exact) mass is 153 g/mol. The quantitative estimate of drug-likeness (QED) is 0.612. The summed E-state index contributed by atoms with van der Waals surface area (Å²) in [7, 11) is 0. The van der Waals surface area contributed by atoms with Crippen molar-refractivity contribution in [1.29, 1.82) is 0 Å². The van der Waals surface area contributed by atoms with Gasteiger partial charge in [-0.1, -0.05) is 13.8 Å². The van der Waals surface area contributed by atoms with Crippen LogP contribution in [0.2, 0.25) is 0 Å². The zero-order chi connectivity index (χ0) is 8.06. The largest absolute Gasteiger partial charge is 0.330 e. The molecule has 1 nitrogen and oxygen atoms in total. The number of hydrogen-bond donors (Lipinski definition) is 1. The van der Waals surface area contributed by atoms with Crippen molar-refractivity contribution in [2.24, 2.45) is 28.9 Å². The zero-order valence-electron chi connectivity index (χ0n) is 7.64. The first kappa shape index (κ1) is 7.60. The third-order valence-electron chi connectivity index (χ3n) is 4.30. The molecule has 0 aromatic carbocycles. The standard InChI is InChI=1S/C10H19N/c1-10(2)8-4-3-7(6-11)9(10)5-8/h7-9H,3-6,11H2,1-2H3/t7-,8-,9-/m0/s1. The minimum absolute atomic E-state index is 0.627. The lowest BCUT2D eigenvalue weighted by Gasteiger charge is -2.60. The molecule has 3 fully saturated rings. The first-order valence-corrected chi connectivity index (χ1v) is 4.86. The third kappa shape index (κ3) is 0.868. The highest BCUT2D eigenvalue weighted by Crippen LogP contribution is 2.60. The van der Waals surface area contributed by atoms with Crippen LogP contribution in [0, 0.1) is 23.2 Å². The molecule has 1 heteroatoms. The fourth-order valence-corrected chi connectivity index (χ4v) is 3.24. The Morgan fingerprint density at radius 1 is 1.36 bits per heavy atom. The van der Waals surface area contributed by atoms with Gasteiger partial charge in [-0.05, 0) is 49.0 Å². The molecule has 0 saturated heterocycles. The maximum atomic E-state index is 5.74. The molecule has 2 N–H and O–H groups in total. The fourth-order valence-electron chi connectivity index (χ4n) is 3.24. The minimum Gasteiger partial charge on any atom is -0.330 e. The van der Waals surface area contributed by atoms with Gasteiger partial charge in [0, 0.05) is 0 Å². The van der Waals surface area contributed by atoms with E-state index in [0.29, 0.717) is 5.41 Å². The Hall–Kier alpha value is -0.0400. The first-order chi connectivity index (χ1) is 5.16. The number of nitrogens with two attached hydrogens (primary N) is 1. The van der Waals surface area contributed by atoms with E-state index >= 15 is 0 Å². The van der Waals surface area contributed by atoms with Crippen molar-refractivity contribution >= 4 is 0 Å². The second-order valence-electron chi connectivity index (χ2n) is 4.93. The van der Waals surface area contributed by atoms with Gasteiger partial charge in [0.2, 0.25) is 0 Å². The molecular weight excluding hydrogens is 134 g/mol. The average molecular weight is 153 g/mol. The van der Waals surface area contributed by atoms with Gasteiger partial charge >= 0.3 is 0 Å². The Morgan fingerprint density at radius 2 is 2.09 bits per heavy atom. The summed E-state index contributed by atoms with van der Waals surface area (Å²) in [4.78, 5) is 0. The van der Waals surface area contributed by atoms with Crippen molar-refractivity contribution in [3.8, 4) is 0 Å². The van der Waals surface area contributed by atoms with Crippen molar-refractivity contribution in [2.45, 2.75) is 33.1 Å². The number of rotatable bonds is 1. The molecule has 64 valence electrons. The van der Waals surface area contributed by atoms with Crippen LogP contribution in [0.4, 0.5) is 0 Å². The molecule has 3 rings (SSSR count). The van der Waals surface area contributed by atoms with Crippen molar-refractivity contribution in [3.63, 3.8) is 0 Å². The summed E-state index contributed by atoms with van der Waals surface area (Å²) in [6.45, 7) is 5.77. The molecule has 0 spiro atoms. The van der Waals surface area contributed by atoms with E-state index < -0.39 is 0 Å². The normalized spacial score (nSPS) is 46.6. The smallest absolute Gasteiger partial charge is 0.00460 e. The van der Waals surface area contributed by atoms with Gasteiger partial charge in [-0.15, -0.1) is 0 Å². The minimum atomic E-state index is 0.627. The Bertz CT molecular complexity index is 160. The maximum absolute atomic E-state index is 5.74. The molecule has 0 aromatic rings. The highest BCUT2D eigenvalue weighted by atomic mass is 14.6. The average Bonchev–Trinajstić information content (AvgIpc) is 2.04. The highest BCUT2D eigenvalue weighted by Gasteiger charge is 2.53. The highest BCUT2D eigenvalue weighted by molar-refractivity contribution is 5.03. The van der Waals surface area contributed by atoms with Crippen LogP contribution >= 0.6 is 0 Å². The Morgan fingerprint density at radius 3 is 2.45 bits per heavy atom. The lowest BCUT2D eigenvalue weighted by Crippen LogP contribution is -2.53. The van der Waals surface area contributed by atoms with Crippen molar-refractivity contribution in [3.05, 3.63) is 0 Å². The van der Waals surface area contributed by atoms with Gasteiger partial charge in [0.05, 0.1) is 0 Å². The van der Waals surface area contributed by atoms with E-state index in [-0.39, 0.29) is 0 Å². The Labute approximate surface area is 69.4 Å². The molecule has 3 saturated carbocycles. The van der Waals surface area contributed by atoms with Crippen LogP contribution in [-0.2, 0) is 0 Å². The SMILES string of the molecule is CC1(C)[C@H]2CC[C@@H](CN)[C@@H]1C2. The molecule has 2 bridgehead atoms. The van der Waals surface area contributed by atoms with E-state index in [2.05, 4.69) is 13.8 Å². The topological polar surface area (TPSA) is 26.0 Å². The molecule has 11 heavy (non-hydrogen) atoms. The van der Waals surface area contributed by atoms with Crippen LogP contribution in [-0.4, -0.2) is 6.54 Å². The molecule has 3 aliphatic rings. The van der Waals surface area contributed by atoms with Gasteiger partial charge in [-0.2, -0.15) is 0 Å². The Balaban J connectivity index is 2.10. The molecule has 3 atom stereocenters. The van der Waals surface area contributed by atoms with Gasteiger partial charge in [0.15, 0.2) is 0 Å². The van der Waals surface area contributed by atoms with E-state index in [9.17, 15) is 0 Å². The summed E-state index contributed by atoms with van der Waals surface area (Å²) in [5, 5.41) is 0. The van der Waals surface area contributed by atoms with Gasteiger partial charge in [-0.25, -0.2) is 0 Å². The molecule has 0 heterocycles. The summed E-state index contributed by atoms with van der Waals surface area (Å²) in [6, 6.07) is 0. The van der Waals surface area contributed by atoms with Crippen molar-refractivity contribution < 1.29 is 0 Å². The molecule has 0 unspecified atom stereocenters. The summed E-state index contributed by atoms with van der Waals surface area (Å²) in [5.74, 6) is 2.82. The van der Waals surface area contributed by atoms with Crippen LogP contribution in [0.25, 0.3) is 0 Å². The second-order valence-corrected chi connectivity index (χ2v) is 4.93. The van der Waals surface area contributed by atoms with Crippen LogP contribution in [0.5, 0.6) is 0 Å². The maximum Gasteiger partial charge on any atom is -0.00460 e. The summed E-state index contributed by atoms with van der Waals surface area (Å²) in [6.07, 6.45) is 4.30. The van der Waals surface area contributed by atoms with E-state index in [1.807, 2.05) is 0 Å². The van der Waals surface area contributed by atoms with E-state index in [1.54, 1.807) is 0 Å². The third-order valence-corrected chi connectivity index (χ3v) is 4.30. The van der Waals surface area contributed by atoms with E-state index in [4.69, 9.17) is 5.73 Å². The fraction of sp³-hybridized carbons (Fsp3) is 1.00. The van der Waals surface area contributed by atoms with Crippen LogP contribution < -0.4 is 5.73 Å². The summed E-state index contributed by atoms with van der Waals surface area (Å²) >= 11 is 0. The van der Waals surface area contributed by atoms with Crippen molar-refractivity contribution in [2.75, 3.05) is 6.54 Å². The summed E-state index contributed by atoms with van der Waals surface area (Å²) in [5.41, 5.74) is 6.37. The molecule has 3 aliphatic carbocycles. The lowest BCUT2D eigenvalue weighted by molar-refractivity contribution is -0.101. The van der Waals surface area contributed by atoms with Gasteiger partial charge in [-0.3, -0.25) is 0 Å². The molecule has 0 aliphatic heterocycles. The molecule has 0 radical (unpaired) electrons. The van der Waals surface area contributed by atoms with Crippen molar-refractivity contribution in [1.82, 2.24) is 0 Å². The lowest BCUT2D eigenvalue weighted by atomic mass is 9.45. The second kappa shape index (κ2) is 2.22. The molecule has 0 aromatic heterocycles. The predicted octanol–water partition coefficient (Wildman–Crippen LogP) is 2.02. The van der Waals surface area contributed by atoms with Gasteiger partial charge in [0.1, 0.15) is 0 Å². The Kier molecular flexibility index (Phi) is 1.54. The van der Waals surface area contributed by atoms with Crippen LogP contribution in [0.1, 0.15) is 33.1 Å². The molecular formula is C10H19N. The van der Waals surface area contributed by atoms with E-state index in [0.717, 1.165) is 24.3 Å². The van der Waals surface area contributed by atoms with Crippen LogP contribution in [0.3, 0.4) is 0 Å². The van der Waals surface area contributed by atoms with Gasteiger partial charge < -0.3 is 5.73 Å². The number of fused-ring (bicyclic) bond motifs is 2. The van der Waals surface area contributed by atoms with Crippen LogP contribution in [0.15, 0.2) is 0 Å².